The molecule has 4 N–H and O–H groups in total. The number of rotatable bonds is 7. The Morgan fingerprint density at radius 3 is 2.69 bits per heavy atom. The van der Waals surface area contributed by atoms with Crippen LogP contribution < -0.4 is 15.8 Å². The quantitative estimate of drug-likeness (QED) is 0.596. The van der Waals surface area contributed by atoms with Gasteiger partial charge in [-0.3, -0.25) is 4.79 Å². The Kier molecular flexibility index (Phi) is 5.93. The standard InChI is InChI=1S/C19H20N4O2S/c1-25-17-12-21-19(23-17)26-16-10-6-5-9-15(16)22-18(24)14(20)11-13-7-3-2-4-8-13/h2-10,12,14H,11,20H2,1H3,(H,21,23)(H,22,24)/t14-/m0/s1. The van der Waals surface area contributed by atoms with Crippen molar-refractivity contribution in [1.29, 1.82) is 0 Å². The summed E-state index contributed by atoms with van der Waals surface area (Å²) in [5.74, 6) is 0.359. The summed E-state index contributed by atoms with van der Waals surface area (Å²) in [7, 11) is 1.57. The van der Waals surface area contributed by atoms with Gasteiger partial charge in [-0.05, 0) is 35.9 Å². The maximum Gasteiger partial charge on any atom is 0.241 e. The second kappa shape index (κ2) is 8.55. The Balaban J connectivity index is 1.68. The summed E-state index contributed by atoms with van der Waals surface area (Å²) in [5, 5.41) is 3.59. The minimum atomic E-state index is -0.626. The van der Waals surface area contributed by atoms with E-state index in [9.17, 15) is 4.79 Å². The summed E-state index contributed by atoms with van der Waals surface area (Å²) in [6.45, 7) is 0. The van der Waals surface area contributed by atoms with Crippen LogP contribution in [0.4, 0.5) is 5.69 Å². The number of ether oxygens (including phenoxy) is 1. The summed E-state index contributed by atoms with van der Waals surface area (Å²) < 4.78 is 5.10. The highest BCUT2D eigenvalue weighted by Crippen LogP contribution is 2.32. The average Bonchev–Trinajstić information content (AvgIpc) is 3.12. The molecule has 6 nitrogen and oxygen atoms in total. The van der Waals surface area contributed by atoms with Crippen molar-refractivity contribution in [1.82, 2.24) is 9.97 Å². The van der Waals surface area contributed by atoms with Gasteiger partial charge in [0.2, 0.25) is 11.8 Å². The fourth-order valence-corrected chi connectivity index (χ4v) is 3.23. The third kappa shape index (κ3) is 4.65. The largest absolute Gasteiger partial charge is 0.481 e. The highest BCUT2D eigenvalue weighted by Gasteiger charge is 2.16. The molecule has 1 aromatic heterocycles. The van der Waals surface area contributed by atoms with E-state index < -0.39 is 6.04 Å². The predicted molar refractivity (Wildman–Crippen MR) is 102 cm³/mol. The number of carbonyl (C=O) groups is 1. The first-order valence-electron chi connectivity index (χ1n) is 8.12. The van der Waals surface area contributed by atoms with E-state index in [1.54, 1.807) is 13.3 Å². The number of carbonyl (C=O) groups excluding carboxylic acids is 1. The number of aromatic nitrogens is 2. The monoisotopic (exact) mass is 368 g/mol. The number of hydrogen-bond acceptors (Lipinski definition) is 5. The van der Waals surface area contributed by atoms with Gasteiger partial charge in [-0.2, -0.15) is 0 Å². The molecule has 0 aliphatic heterocycles. The van der Waals surface area contributed by atoms with Crippen LogP contribution >= 0.6 is 11.8 Å². The zero-order valence-electron chi connectivity index (χ0n) is 14.3. The highest BCUT2D eigenvalue weighted by atomic mass is 32.2. The van der Waals surface area contributed by atoms with Crippen LogP contribution in [0.1, 0.15) is 5.56 Å². The lowest BCUT2D eigenvalue weighted by Crippen LogP contribution is -2.37. The Hall–Kier alpha value is -2.77. The van der Waals surface area contributed by atoms with E-state index in [0.717, 1.165) is 10.5 Å². The van der Waals surface area contributed by atoms with Crippen LogP contribution in [0.2, 0.25) is 0 Å². The van der Waals surface area contributed by atoms with Crippen molar-refractivity contribution in [3.8, 4) is 5.88 Å². The molecule has 3 rings (SSSR count). The van der Waals surface area contributed by atoms with Crippen molar-refractivity contribution >= 4 is 23.4 Å². The van der Waals surface area contributed by atoms with E-state index in [1.165, 1.54) is 11.8 Å². The van der Waals surface area contributed by atoms with Gasteiger partial charge in [-0.1, -0.05) is 42.5 Å². The molecule has 0 aliphatic rings. The minimum Gasteiger partial charge on any atom is -0.481 e. The van der Waals surface area contributed by atoms with Crippen molar-refractivity contribution in [2.75, 3.05) is 12.4 Å². The molecular formula is C19H20N4O2S. The average molecular weight is 368 g/mol. The second-order valence-corrected chi connectivity index (χ2v) is 6.67. The number of nitrogens with one attached hydrogen (secondary N) is 2. The number of anilines is 1. The van der Waals surface area contributed by atoms with E-state index in [-0.39, 0.29) is 5.91 Å². The Bertz CT molecular complexity index is 867. The molecule has 1 amide bonds. The van der Waals surface area contributed by atoms with Crippen molar-refractivity contribution in [3.05, 3.63) is 66.4 Å². The lowest BCUT2D eigenvalue weighted by molar-refractivity contribution is -0.117. The molecule has 0 aliphatic carbocycles. The maximum absolute atomic E-state index is 12.5. The third-order valence-electron chi connectivity index (χ3n) is 3.74. The molecule has 26 heavy (non-hydrogen) atoms. The Morgan fingerprint density at radius 2 is 1.96 bits per heavy atom. The fraction of sp³-hybridized carbons (Fsp3) is 0.158. The molecule has 0 saturated carbocycles. The molecule has 0 radical (unpaired) electrons. The summed E-state index contributed by atoms with van der Waals surface area (Å²) in [5.41, 5.74) is 7.79. The summed E-state index contributed by atoms with van der Waals surface area (Å²) in [4.78, 5) is 20.6. The first-order valence-corrected chi connectivity index (χ1v) is 8.93. The van der Waals surface area contributed by atoms with E-state index in [0.29, 0.717) is 23.1 Å². The van der Waals surface area contributed by atoms with Crippen molar-refractivity contribution in [2.24, 2.45) is 5.73 Å². The van der Waals surface area contributed by atoms with Crippen LogP contribution in [-0.4, -0.2) is 29.0 Å². The van der Waals surface area contributed by atoms with Gasteiger partial charge in [0.1, 0.15) is 0 Å². The molecule has 0 fully saturated rings. The third-order valence-corrected chi connectivity index (χ3v) is 4.71. The molecule has 0 unspecified atom stereocenters. The predicted octanol–water partition coefficient (Wildman–Crippen LogP) is 3.08. The molecule has 0 spiro atoms. The van der Waals surface area contributed by atoms with Gasteiger partial charge in [0, 0.05) is 4.90 Å². The number of nitrogens with two attached hydrogens (primary N) is 1. The molecule has 1 heterocycles. The normalized spacial score (nSPS) is 11.8. The van der Waals surface area contributed by atoms with Crippen LogP contribution in [0.5, 0.6) is 5.88 Å². The Morgan fingerprint density at radius 1 is 1.23 bits per heavy atom. The SMILES string of the molecule is COc1cnc(Sc2ccccc2NC(=O)[C@@H](N)Cc2ccccc2)[nH]1. The number of benzene rings is 2. The molecule has 0 bridgehead atoms. The molecule has 7 heteroatoms. The fourth-order valence-electron chi connectivity index (χ4n) is 2.39. The smallest absolute Gasteiger partial charge is 0.241 e. The van der Waals surface area contributed by atoms with Crippen LogP contribution in [-0.2, 0) is 11.2 Å². The van der Waals surface area contributed by atoms with Gasteiger partial charge >= 0.3 is 0 Å². The van der Waals surface area contributed by atoms with Gasteiger partial charge in [0.25, 0.3) is 0 Å². The van der Waals surface area contributed by atoms with E-state index in [1.807, 2.05) is 54.6 Å². The number of hydrogen-bond donors (Lipinski definition) is 3. The van der Waals surface area contributed by atoms with Crippen molar-refractivity contribution in [2.45, 2.75) is 22.5 Å². The molecule has 3 aromatic rings. The van der Waals surface area contributed by atoms with Crippen molar-refractivity contribution < 1.29 is 9.53 Å². The second-order valence-electron chi connectivity index (χ2n) is 5.64. The van der Waals surface area contributed by atoms with Gasteiger partial charge in [-0.25, -0.2) is 4.98 Å². The zero-order valence-corrected chi connectivity index (χ0v) is 15.1. The van der Waals surface area contributed by atoms with Gasteiger partial charge in [0.15, 0.2) is 5.16 Å². The number of nitrogens with zero attached hydrogens (tertiary/aromatic N) is 1. The number of H-pyrrole nitrogens is 1. The van der Waals surface area contributed by atoms with Gasteiger partial charge in [0.05, 0.1) is 25.0 Å². The maximum atomic E-state index is 12.5. The highest BCUT2D eigenvalue weighted by molar-refractivity contribution is 7.99. The number of aromatic amines is 1. The zero-order chi connectivity index (χ0) is 18.4. The first-order chi connectivity index (χ1) is 12.7. The molecule has 0 saturated heterocycles. The van der Waals surface area contributed by atoms with Gasteiger partial charge in [-0.15, -0.1) is 0 Å². The minimum absolute atomic E-state index is 0.223. The number of para-hydroxylation sites is 1. The molecule has 1 atom stereocenters. The van der Waals surface area contributed by atoms with Crippen LogP contribution in [0, 0.1) is 0 Å². The van der Waals surface area contributed by atoms with E-state index in [4.69, 9.17) is 10.5 Å². The summed E-state index contributed by atoms with van der Waals surface area (Å²) in [6, 6.07) is 16.6. The Labute approximate surface area is 156 Å². The van der Waals surface area contributed by atoms with Crippen LogP contribution in [0.3, 0.4) is 0 Å². The lowest BCUT2D eigenvalue weighted by Gasteiger charge is -2.14. The molecule has 134 valence electrons. The van der Waals surface area contributed by atoms with E-state index in [2.05, 4.69) is 15.3 Å². The number of methoxy groups -OCH3 is 1. The van der Waals surface area contributed by atoms with Gasteiger partial charge < -0.3 is 20.8 Å². The van der Waals surface area contributed by atoms with E-state index >= 15 is 0 Å². The summed E-state index contributed by atoms with van der Waals surface area (Å²) >= 11 is 1.41. The van der Waals surface area contributed by atoms with Crippen LogP contribution in [0.25, 0.3) is 0 Å². The van der Waals surface area contributed by atoms with Crippen LogP contribution in [0.15, 0.2) is 70.8 Å². The molecule has 2 aromatic carbocycles. The first kappa shape index (κ1) is 18.0. The number of amides is 1. The lowest BCUT2D eigenvalue weighted by atomic mass is 10.1. The number of imidazole rings is 1. The molecular weight excluding hydrogens is 348 g/mol. The van der Waals surface area contributed by atoms with Crippen molar-refractivity contribution in [3.63, 3.8) is 0 Å². The summed E-state index contributed by atoms with van der Waals surface area (Å²) in [6.07, 6.45) is 2.09. The topological polar surface area (TPSA) is 93.0 Å².